The molecule has 4 heteroatoms. The summed E-state index contributed by atoms with van der Waals surface area (Å²) in [5.41, 5.74) is 2.37. The fourth-order valence-corrected chi connectivity index (χ4v) is 4.20. The third-order valence-corrected chi connectivity index (χ3v) is 5.01. The molecule has 1 atom stereocenters. The van der Waals surface area contributed by atoms with Gasteiger partial charge in [-0.05, 0) is 41.7 Å². The Bertz CT molecular complexity index is 549. The summed E-state index contributed by atoms with van der Waals surface area (Å²) in [7, 11) is 1.91. The molecule has 106 valence electrons. The first-order valence-electron chi connectivity index (χ1n) is 6.77. The molecule has 1 fully saturated rings. The van der Waals surface area contributed by atoms with Crippen LogP contribution in [0.3, 0.4) is 0 Å². The van der Waals surface area contributed by atoms with E-state index in [0.717, 1.165) is 18.4 Å². The van der Waals surface area contributed by atoms with E-state index in [-0.39, 0.29) is 5.75 Å². The van der Waals surface area contributed by atoms with E-state index in [9.17, 15) is 8.42 Å². The predicted molar refractivity (Wildman–Crippen MR) is 79.9 cm³/mol. The van der Waals surface area contributed by atoms with Crippen LogP contribution in [0.5, 0.6) is 0 Å². The average molecular weight is 301 g/mol. The van der Waals surface area contributed by atoms with Gasteiger partial charge in [0.25, 0.3) is 0 Å². The maximum atomic E-state index is 11.3. The van der Waals surface area contributed by atoms with Crippen molar-refractivity contribution in [3.05, 3.63) is 35.4 Å². The van der Waals surface area contributed by atoms with Gasteiger partial charge in [-0.2, -0.15) is 0 Å². The molecule has 1 aromatic carbocycles. The highest BCUT2D eigenvalue weighted by atomic mass is 35.7. The van der Waals surface area contributed by atoms with E-state index in [0.29, 0.717) is 11.3 Å². The standard InChI is InChI=1S/C15H21ClO2S/c1-15(2)9-5-7-12(10-15)14-8-4-3-6-13(14)11-19(16,17)18/h3-4,6,8,12H,5,7,9-11H2,1-2H3. The van der Waals surface area contributed by atoms with E-state index in [4.69, 9.17) is 10.7 Å². The van der Waals surface area contributed by atoms with Crippen LogP contribution in [0.15, 0.2) is 24.3 Å². The first-order valence-corrected chi connectivity index (χ1v) is 9.25. The molecular weight excluding hydrogens is 280 g/mol. The number of hydrogen-bond donors (Lipinski definition) is 0. The second-order valence-electron chi connectivity index (χ2n) is 6.34. The zero-order chi connectivity index (χ0) is 14.1. The van der Waals surface area contributed by atoms with Crippen molar-refractivity contribution in [3.8, 4) is 0 Å². The van der Waals surface area contributed by atoms with Gasteiger partial charge in [-0.25, -0.2) is 8.42 Å². The molecule has 2 nitrogen and oxygen atoms in total. The lowest BCUT2D eigenvalue weighted by molar-refractivity contribution is 0.219. The van der Waals surface area contributed by atoms with Gasteiger partial charge in [0.15, 0.2) is 0 Å². The average Bonchev–Trinajstić information content (AvgIpc) is 2.26. The fraction of sp³-hybridized carbons (Fsp3) is 0.600. The number of benzene rings is 1. The molecule has 0 heterocycles. The second-order valence-corrected chi connectivity index (χ2v) is 9.12. The Morgan fingerprint density at radius 2 is 2.00 bits per heavy atom. The highest BCUT2D eigenvalue weighted by Crippen LogP contribution is 2.44. The first-order chi connectivity index (χ1) is 8.77. The minimum Gasteiger partial charge on any atom is -0.212 e. The minimum atomic E-state index is -3.49. The summed E-state index contributed by atoms with van der Waals surface area (Å²) in [4.78, 5) is 0. The highest BCUT2D eigenvalue weighted by Gasteiger charge is 2.30. The third-order valence-electron chi connectivity index (χ3n) is 4.03. The van der Waals surface area contributed by atoms with Gasteiger partial charge >= 0.3 is 0 Å². The van der Waals surface area contributed by atoms with Crippen LogP contribution in [0.2, 0.25) is 0 Å². The van der Waals surface area contributed by atoms with Gasteiger partial charge in [-0.1, -0.05) is 44.5 Å². The Labute approximate surface area is 120 Å². The van der Waals surface area contributed by atoms with Gasteiger partial charge in [-0.15, -0.1) is 0 Å². The summed E-state index contributed by atoms with van der Waals surface area (Å²) in [6.07, 6.45) is 4.72. The zero-order valence-electron chi connectivity index (χ0n) is 11.5. The van der Waals surface area contributed by atoms with Crippen LogP contribution in [0.25, 0.3) is 0 Å². The highest BCUT2D eigenvalue weighted by molar-refractivity contribution is 8.13. The van der Waals surface area contributed by atoms with Crippen LogP contribution in [-0.2, 0) is 14.8 Å². The summed E-state index contributed by atoms with van der Waals surface area (Å²) in [6, 6.07) is 7.82. The number of rotatable bonds is 3. The minimum absolute atomic E-state index is 0.0678. The molecule has 0 amide bonds. The van der Waals surface area contributed by atoms with Crippen LogP contribution < -0.4 is 0 Å². The molecule has 19 heavy (non-hydrogen) atoms. The van der Waals surface area contributed by atoms with Crippen LogP contribution >= 0.6 is 10.7 Å². The van der Waals surface area contributed by atoms with Gasteiger partial charge in [0.1, 0.15) is 0 Å². The van der Waals surface area contributed by atoms with Crippen molar-refractivity contribution in [2.75, 3.05) is 0 Å². The SMILES string of the molecule is CC1(C)CCCC(c2ccccc2CS(=O)(=O)Cl)C1. The van der Waals surface area contributed by atoms with Gasteiger partial charge in [0.05, 0.1) is 5.75 Å². The molecule has 0 aromatic heterocycles. The van der Waals surface area contributed by atoms with Crippen LogP contribution in [0.1, 0.15) is 56.6 Å². The Balaban J connectivity index is 2.29. The second kappa shape index (κ2) is 5.45. The molecule has 0 radical (unpaired) electrons. The van der Waals surface area contributed by atoms with Gasteiger partial charge in [0.2, 0.25) is 9.05 Å². The molecule has 2 rings (SSSR count). The van der Waals surface area contributed by atoms with Crippen molar-refractivity contribution in [1.29, 1.82) is 0 Å². The van der Waals surface area contributed by atoms with Crippen molar-refractivity contribution < 1.29 is 8.42 Å². The van der Waals surface area contributed by atoms with E-state index in [2.05, 4.69) is 19.9 Å². The summed E-state index contributed by atoms with van der Waals surface area (Å²) in [5.74, 6) is 0.389. The lowest BCUT2D eigenvalue weighted by atomic mass is 9.69. The number of halogens is 1. The fourth-order valence-electron chi connectivity index (χ4n) is 3.21. The molecule has 1 aliphatic carbocycles. The van der Waals surface area contributed by atoms with Gasteiger partial charge < -0.3 is 0 Å². The predicted octanol–water partition coefficient (Wildman–Crippen LogP) is 4.44. The Hall–Kier alpha value is -0.540. The van der Waals surface area contributed by atoms with E-state index in [1.807, 2.05) is 18.2 Å². The quantitative estimate of drug-likeness (QED) is 0.773. The van der Waals surface area contributed by atoms with Crippen LogP contribution in [0.4, 0.5) is 0 Å². The summed E-state index contributed by atoms with van der Waals surface area (Å²) < 4.78 is 22.7. The molecule has 0 bridgehead atoms. The zero-order valence-corrected chi connectivity index (χ0v) is 13.1. The van der Waals surface area contributed by atoms with E-state index in [1.54, 1.807) is 0 Å². The maximum Gasteiger partial charge on any atom is 0.236 e. The molecular formula is C15H21ClO2S. The summed E-state index contributed by atoms with van der Waals surface area (Å²) in [5, 5.41) is 0. The van der Waals surface area contributed by atoms with E-state index in [1.165, 1.54) is 18.4 Å². The molecule has 0 spiro atoms. The van der Waals surface area contributed by atoms with Crippen molar-refractivity contribution >= 4 is 19.7 Å². The smallest absolute Gasteiger partial charge is 0.212 e. The molecule has 0 saturated heterocycles. The maximum absolute atomic E-state index is 11.3. The van der Waals surface area contributed by atoms with Crippen LogP contribution in [0, 0.1) is 5.41 Å². The molecule has 1 unspecified atom stereocenters. The molecule has 0 aliphatic heterocycles. The monoisotopic (exact) mass is 300 g/mol. The Kier molecular flexibility index (Phi) is 4.26. The normalized spacial score (nSPS) is 23.2. The van der Waals surface area contributed by atoms with Crippen molar-refractivity contribution in [2.45, 2.75) is 51.2 Å². The largest absolute Gasteiger partial charge is 0.236 e. The summed E-state index contributed by atoms with van der Waals surface area (Å²) >= 11 is 0. The summed E-state index contributed by atoms with van der Waals surface area (Å²) in [6.45, 7) is 4.58. The van der Waals surface area contributed by atoms with E-state index < -0.39 is 9.05 Å². The number of hydrogen-bond acceptors (Lipinski definition) is 2. The Morgan fingerprint density at radius 1 is 1.32 bits per heavy atom. The third kappa shape index (κ3) is 4.22. The molecule has 1 aliphatic rings. The van der Waals surface area contributed by atoms with Crippen molar-refractivity contribution in [3.63, 3.8) is 0 Å². The van der Waals surface area contributed by atoms with E-state index >= 15 is 0 Å². The molecule has 1 saturated carbocycles. The van der Waals surface area contributed by atoms with Crippen LogP contribution in [-0.4, -0.2) is 8.42 Å². The Morgan fingerprint density at radius 3 is 2.63 bits per heavy atom. The van der Waals surface area contributed by atoms with Crippen molar-refractivity contribution in [1.82, 2.24) is 0 Å². The topological polar surface area (TPSA) is 34.1 Å². The molecule has 0 N–H and O–H groups in total. The first kappa shape index (κ1) is 14.9. The van der Waals surface area contributed by atoms with Gasteiger partial charge in [-0.3, -0.25) is 0 Å². The van der Waals surface area contributed by atoms with Gasteiger partial charge in [0, 0.05) is 10.7 Å². The van der Waals surface area contributed by atoms with Crippen molar-refractivity contribution in [2.24, 2.45) is 5.41 Å². The molecule has 1 aromatic rings. The lowest BCUT2D eigenvalue weighted by Crippen LogP contribution is -2.22. The lowest BCUT2D eigenvalue weighted by Gasteiger charge is -2.36.